The van der Waals surface area contributed by atoms with Gasteiger partial charge in [-0.15, -0.1) is 0 Å². The maximum absolute atomic E-state index is 4.51. The minimum Gasteiger partial charge on any atom is -0.367 e. The van der Waals surface area contributed by atoms with Crippen molar-refractivity contribution in [2.75, 3.05) is 36.0 Å². The van der Waals surface area contributed by atoms with Crippen molar-refractivity contribution < 1.29 is 0 Å². The largest absolute Gasteiger partial charge is 0.367 e. The van der Waals surface area contributed by atoms with Crippen LogP contribution < -0.4 is 9.80 Å². The Balaban J connectivity index is 1.54. The normalized spacial score (nSPS) is 14.9. The van der Waals surface area contributed by atoms with Crippen molar-refractivity contribution in [1.82, 2.24) is 4.98 Å². The smallest absolute Gasteiger partial charge is 0.128 e. The number of aromatic nitrogens is 1. The number of hydrogen-bond acceptors (Lipinski definition) is 3. The highest BCUT2D eigenvalue weighted by molar-refractivity contribution is 6.11. The summed E-state index contributed by atoms with van der Waals surface area (Å²) in [5.41, 5.74) is 1.37. The maximum Gasteiger partial charge on any atom is 0.128 e. The first-order chi connectivity index (χ1) is 12.9. The van der Waals surface area contributed by atoms with Crippen molar-refractivity contribution in [1.29, 1.82) is 0 Å². The van der Waals surface area contributed by atoms with Crippen molar-refractivity contribution in [3.63, 3.8) is 0 Å². The number of hydrogen-bond donors (Lipinski definition) is 0. The molecule has 128 valence electrons. The molecule has 1 fully saturated rings. The second-order valence-corrected chi connectivity index (χ2v) is 6.83. The van der Waals surface area contributed by atoms with E-state index in [9.17, 15) is 0 Å². The van der Waals surface area contributed by atoms with E-state index < -0.39 is 0 Å². The lowest BCUT2D eigenvalue weighted by Crippen LogP contribution is -2.47. The third-order valence-electron chi connectivity index (χ3n) is 5.31. The number of piperazine rings is 1. The van der Waals surface area contributed by atoms with E-state index in [4.69, 9.17) is 0 Å². The van der Waals surface area contributed by atoms with E-state index in [1.807, 2.05) is 12.3 Å². The summed E-state index contributed by atoms with van der Waals surface area (Å²) in [7, 11) is 0. The number of benzene rings is 3. The summed E-state index contributed by atoms with van der Waals surface area (Å²) in [5.74, 6) is 1.08. The summed E-state index contributed by atoms with van der Waals surface area (Å²) in [5, 5.41) is 5.32. The molecule has 1 aromatic heterocycles. The molecule has 3 heteroatoms. The Morgan fingerprint density at radius 2 is 1.19 bits per heavy atom. The van der Waals surface area contributed by atoms with Crippen molar-refractivity contribution in [2.24, 2.45) is 0 Å². The van der Waals surface area contributed by atoms with Gasteiger partial charge in [0.15, 0.2) is 0 Å². The quantitative estimate of drug-likeness (QED) is 0.493. The van der Waals surface area contributed by atoms with Crippen LogP contribution in [0.2, 0.25) is 0 Å². The van der Waals surface area contributed by atoms with E-state index in [-0.39, 0.29) is 0 Å². The van der Waals surface area contributed by atoms with Crippen LogP contribution in [0.25, 0.3) is 21.5 Å². The molecule has 0 N–H and O–H groups in total. The summed E-state index contributed by atoms with van der Waals surface area (Å²) in [4.78, 5) is 9.43. The first-order valence-corrected chi connectivity index (χ1v) is 9.21. The van der Waals surface area contributed by atoms with Gasteiger partial charge in [-0.3, -0.25) is 0 Å². The molecule has 0 radical (unpaired) electrons. The molecule has 5 rings (SSSR count). The maximum atomic E-state index is 4.51. The highest BCUT2D eigenvalue weighted by atomic mass is 15.3. The zero-order valence-corrected chi connectivity index (χ0v) is 14.7. The number of pyridine rings is 1. The number of fused-ring (bicyclic) bond motifs is 2. The van der Waals surface area contributed by atoms with Crippen LogP contribution in [0.1, 0.15) is 0 Å². The summed E-state index contributed by atoms with van der Waals surface area (Å²) < 4.78 is 0. The molecule has 1 saturated heterocycles. The van der Waals surface area contributed by atoms with Gasteiger partial charge in [0.05, 0.1) is 5.69 Å². The SMILES string of the molecule is c1ccc(N2CCN(c3c4ccccc4cc4ccccc34)CC2)nc1. The second kappa shape index (κ2) is 6.34. The van der Waals surface area contributed by atoms with Crippen LogP contribution >= 0.6 is 0 Å². The molecule has 26 heavy (non-hydrogen) atoms. The van der Waals surface area contributed by atoms with Gasteiger partial charge >= 0.3 is 0 Å². The van der Waals surface area contributed by atoms with Gasteiger partial charge in [0.2, 0.25) is 0 Å². The molecule has 1 aliphatic heterocycles. The van der Waals surface area contributed by atoms with E-state index in [2.05, 4.69) is 81.5 Å². The molecule has 3 aromatic carbocycles. The minimum absolute atomic E-state index is 0.995. The summed E-state index contributed by atoms with van der Waals surface area (Å²) >= 11 is 0. The van der Waals surface area contributed by atoms with Crippen LogP contribution in [0.3, 0.4) is 0 Å². The lowest BCUT2D eigenvalue weighted by Gasteiger charge is -2.37. The molecule has 0 aliphatic carbocycles. The van der Waals surface area contributed by atoms with Crippen LogP contribution in [0, 0.1) is 0 Å². The molecule has 3 nitrogen and oxygen atoms in total. The van der Waals surface area contributed by atoms with Gasteiger partial charge in [-0.1, -0.05) is 54.6 Å². The fraction of sp³-hybridized carbons (Fsp3) is 0.174. The number of anilines is 2. The van der Waals surface area contributed by atoms with Gasteiger partial charge in [-0.05, 0) is 29.0 Å². The Morgan fingerprint density at radius 3 is 1.81 bits per heavy atom. The average molecular weight is 339 g/mol. The Hall–Kier alpha value is -3.07. The van der Waals surface area contributed by atoms with Gasteiger partial charge in [0.1, 0.15) is 5.82 Å². The number of rotatable bonds is 2. The van der Waals surface area contributed by atoms with Crippen LogP contribution in [0.4, 0.5) is 11.5 Å². The summed E-state index contributed by atoms with van der Waals surface area (Å²) in [6, 6.07) is 25.9. The van der Waals surface area contributed by atoms with Gasteiger partial charge in [-0.2, -0.15) is 0 Å². The summed E-state index contributed by atoms with van der Waals surface area (Å²) in [6.07, 6.45) is 1.87. The van der Waals surface area contributed by atoms with E-state index >= 15 is 0 Å². The molecule has 0 bridgehead atoms. The monoisotopic (exact) mass is 339 g/mol. The van der Waals surface area contributed by atoms with Crippen LogP contribution in [0.15, 0.2) is 79.0 Å². The third kappa shape index (κ3) is 2.57. The molecule has 4 aromatic rings. The zero-order chi connectivity index (χ0) is 17.3. The van der Waals surface area contributed by atoms with Crippen LogP contribution in [0.5, 0.6) is 0 Å². The zero-order valence-electron chi connectivity index (χ0n) is 14.7. The first kappa shape index (κ1) is 15.2. The fourth-order valence-electron chi connectivity index (χ4n) is 4.03. The van der Waals surface area contributed by atoms with Crippen molar-refractivity contribution >= 4 is 33.1 Å². The molecule has 0 spiro atoms. The molecule has 0 amide bonds. The van der Waals surface area contributed by atoms with Gasteiger partial charge in [0, 0.05) is 43.1 Å². The Bertz CT molecular complexity index is 997. The van der Waals surface area contributed by atoms with Gasteiger partial charge < -0.3 is 9.80 Å². The van der Waals surface area contributed by atoms with E-state index in [1.54, 1.807) is 0 Å². The van der Waals surface area contributed by atoms with Gasteiger partial charge in [-0.25, -0.2) is 4.98 Å². The lowest BCUT2D eigenvalue weighted by atomic mass is 9.99. The fourth-order valence-corrected chi connectivity index (χ4v) is 4.03. The second-order valence-electron chi connectivity index (χ2n) is 6.83. The predicted octanol–water partition coefficient (Wildman–Crippen LogP) is 4.71. The number of nitrogens with zero attached hydrogens (tertiary/aromatic N) is 3. The van der Waals surface area contributed by atoms with E-state index in [0.717, 1.165) is 32.0 Å². The Kier molecular flexibility index (Phi) is 3.71. The molecule has 0 unspecified atom stereocenters. The van der Waals surface area contributed by atoms with Crippen molar-refractivity contribution in [3.8, 4) is 0 Å². The highest BCUT2D eigenvalue weighted by Gasteiger charge is 2.21. The molecule has 0 atom stereocenters. The van der Waals surface area contributed by atoms with E-state index in [1.165, 1.54) is 27.2 Å². The highest BCUT2D eigenvalue weighted by Crippen LogP contribution is 2.36. The van der Waals surface area contributed by atoms with Gasteiger partial charge in [0.25, 0.3) is 0 Å². The topological polar surface area (TPSA) is 19.4 Å². The van der Waals surface area contributed by atoms with Crippen molar-refractivity contribution in [3.05, 3.63) is 79.0 Å². The van der Waals surface area contributed by atoms with Crippen LogP contribution in [-0.2, 0) is 0 Å². The Labute approximate surface area is 153 Å². The molecular formula is C23H21N3. The minimum atomic E-state index is 0.995. The Morgan fingerprint density at radius 1 is 0.615 bits per heavy atom. The van der Waals surface area contributed by atoms with Crippen molar-refractivity contribution in [2.45, 2.75) is 0 Å². The predicted molar refractivity (Wildman–Crippen MR) is 110 cm³/mol. The van der Waals surface area contributed by atoms with Crippen LogP contribution in [-0.4, -0.2) is 31.2 Å². The summed E-state index contributed by atoms with van der Waals surface area (Å²) in [6.45, 7) is 4.01. The average Bonchev–Trinajstić information content (AvgIpc) is 2.73. The van der Waals surface area contributed by atoms with E-state index in [0.29, 0.717) is 0 Å². The third-order valence-corrected chi connectivity index (χ3v) is 5.31. The standard InChI is InChI=1S/C23H21N3/c1-3-9-20-18(7-1)17-19-8-2-4-10-21(19)23(20)26-15-13-25(14-16-26)22-11-5-6-12-24-22/h1-12,17H,13-16H2. The first-order valence-electron chi connectivity index (χ1n) is 9.21. The lowest BCUT2D eigenvalue weighted by molar-refractivity contribution is 0.650. The molecule has 2 heterocycles. The molecule has 1 aliphatic rings. The molecular weight excluding hydrogens is 318 g/mol. The molecule has 0 saturated carbocycles.